The Hall–Kier alpha value is -3.75. The second-order valence-corrected chi connectivity index (χ2v) is 7.21. The van der Waals surface area contributed by atoms with Gasteiger partial charge in [0.15, 0.2) is 6.61 Å². The lowest BCUT2D eigenvalue weighted by Crippen LogP contribution is -2.28. The maximum Gasteiger partial charge on any atom is 0.311 e. The van der Waals surface area contributed by atoms with E-state index in [1.54, 1.807) is 18.2 Å². The molecule has 0 radical (unpaired) electrons. The normalized spacial score (nSPS) is 15.7. The number of non-ortho nitro benzene ring substituents is 1. The molecule has 0 bridgehead atoms. The van der Waals surface area contributed by atoms with Crippen molar-refractivity contribution in [3.8, 4) is 0 Å². The number of esters is 1. The van der Waals surface area contributed by atoms with Crippen LogP contribution in [0.5, 0.6) is 0 Å². The zero-order valence-corrected chi connectivity index (χ0v) is 16.6. The van der Waals surface area contributed by atoms with Crippen LogP contribution < -0.4 is 10.2 Å². The number of amides is 2. The summed E-state index contributed by atoms with van der Waals surface area (Å²) in [6.07, 6.45) is -0.0831. The largest absolute Gasteiger partial charge is 0.455 e. The summed E-state index contributed by atoms with van der Waals surface area (Å²) in [4.78, 5) is 48.4. The molecule has 1 saturated heterocycles. The molecule has 0 aromatic heterocycles. The second kappa shape index (κ2) is 8.73. The molecule has 1 atom stereocenters. The fraction of sp³-hybridized carbons (Fsp3) is 0.286. The summed E-state index contributed by atoms with van der Waals surface area (Å²) >= 11 is 0. The van der Waals surface area contributed by atoms with Gasteiger partial charge in [0.2, 0.25) is 5.91 Å². The van der Waals surface area contributed by atoms with Crippen LogP contribution in [-0.4, -0.2) is 35.9 Å². The van der Waals surface area contributed by atoms with Gasteiger partial charge in [0.05, 0.1) is 16.5 Å². The summed E-state index contributed by atoms with van der Waals surface area (Å²) in [5, 5.41) is 13.6. The molecule has 0 unspecified atom stereocenters. The van der Waals surface area contributed by atoms with Gasteiger partial charge in [-0.25, -0.2) is 0 Å². The van der Waals surface area contributed by atoms with E-state index in [9.17, 15) is 24.5 Å². The van der Waals surface area contributed by atoms with E-state index in [1.807, 2.05) is 19.9 Å². The number of hydrogen-bond donors (Lipinski definition) is 1. The van der Waals surface area contributed by atoms with Crippen molar-refractivity contribution in [3.63, 3.8) is 0 Å². The number of nitro groups is 1. The van der Waals surface area contributed by atoms with E-state index in [0.717, 1.165) is 11.1 Å². The molecule has 1 N–H and O–H groups in total. The molecule has 9 nitrogen and oxygen atoms in total. The third-order valence-corrected chi connectivity index (χ3v) is 4.66. The van der Waals surface area contributed by atoms with Crippen LogP contribution in [0.4, 0.5) is 17.1 Å². The predicted octanol–water partition coefficient (Wildman–Crippen LogP) is 2.75. The number of nitro benzene ring substituents is 1. The molecule has 1 aliphatic rings. The molecule has 1 fully saturated rings. The maximum absolute atomic E-state index is 12.3. The lowest BCUT2D eigenvalue weighted by Gasteiger charge is -2.16. The minimum atomic E-state index is -0.745. The van der Waals surface area contributed by atoms with E-state index in [2.05, 4.69) is 5.32 Å². The summed E-state index contributed by atoms with van der Waals surface area (Å²) in [6.45, 7) is 3.39. The Morgan fingerprint density at radius 3 is 2.57 bits per heavy atom. The van der Waals surface area contributed by atoms with Crippen molar-refractivity contribution in [3.05, 3.63) is 63.7 Å². The summed E-state index contributed by atoms with van der Waals surface area (Å²) in [6, 6.07) is 11.2. The number of ether oxygens (including phenoxy) is 1. The van der Waals surface area contributed by atoms with E-state index < -0.39 is 29.3 Å². The minimum absolute atomic E-state index is 0.0392. The molecule has 0 aliphatic carbocycles. The Labute approximate surface area is 172 Å². The highest BCUT2D eigenvalue weighted by Gasteiger charge is 2.36. The smallest absolute Gasteiger partial charge is 0.311 e. The van der Waals surface area contributed by atoms with Crippen LogP contribution in [0.3, 0.4) is 0 Å². The molecular formula is C21H21N3O6. The quantitative estimate of drug-likeness (QED) is 0.443. The van der Waals surface area contributed by atoms with Gasteiger partial charge < -0.3 is 15.0 Å². The monoisotopic (exact) mass is 411 g/mol. The van der Waals surface area contributed by atoms with Crippen LogP contribution in [0.25, 0.3) is 0 Å². The summed E-state index contributed by atoms with van der Waals surface area (Å²) in [5.41, 5.74) is 2.80. The summed E-state index contributed by atoms with van der Waals surface area (Å²) in [7, 11) is 0. The van der Waals surface area contributed by atoms with Crippen molar-refractivity contribution in [2.45, 2.75) is 20.3 Å². The SMILES string of the molecule is Cc1cc(C)cc(NC(=O)COC(=O)[C@@H]2CC(=O)N(c3cccc([N+](=O)[O-])c3)C2)c1. The molecule has 30 heavy (non-hydrogen) atoms. The third kappa shape index (κ3) is 4.99. The summed E-state index contributed by atoms with van der Waals surface area (Å²) < 4.78 is 5.08. The van der Waals surface area contributed by atoms with Crippen molar-refractivity contribution in [1.82, 2.24) is 0 Å². The van der Waals surface area contributed by atoms with Gasteiger partial charge in [-0.2, -0.15) is 0 Å². The fourth-order valence-corrected chi connectivity index (χ4v) is 3.39. The molecule has 3 rings (SSSR count). The first-order valence-corrected chi connectivity index (χ1v) is 9.32. The van der Waals surface area contributed by atoms with Gasteiger partial charge in [-0.15, -0.1) is 0 Å². The van der Waals surface area contributed by atoms with Crippen LogP contribution in [0.2, 0.25) is 0 Å². The van der Waals surface area contributed by atoms with Crippen molar-refractivity contribution < 1.29 is 24.0 Å². The number of anilines is 2. The van der Waals surface area contributed by atoms with Crippen molar-refractivity contribution >= 4 is 34.8 Å². The number of nitrogens with one attached hydrogen (secondary N) is 1. The first-order valence-electron chi connectivity index (χ1n) is 9.32. The lowest BCUT2D eigenvalue weighted by atomic mass is 10.1. The van der Waals surface area contributed by atoms with Crippen molar-refractivity contribution in [1.29, 1.82) is 0 Å². The van der Waals surface area contributed by atoms with Gasteiger partial charge in [-0.1, -0.05) is 12.1 Å². The Bertz CT molecular complexity index is 999. The Morgan fingerprint density at radius 1 is 1.20 bits per heavy atom. The van der Waals surface area contributed by atoms with E-state index in [-0.39, 0.29) is 24.6 Å². The van der Waals surface area contributed by atoms with E-state index in [0.29, 0.717) is 11.4 Å². The van der Waals surface area contributed by atoms with E-state index in [1.165, 1.54) is 23.1 Å². The molecule has 2 aromatic carbocycles. The highest BCUT2D eigenvalue weighted by molar-refractivity contribution is 6.00. The van der Waals surface area contributed by atoms with E-state index in [4.69, 9.17) is 4.74 Å². The number of aryl methyl sites for hydroxylation is 2. The van der Waals surface area contributed by atoms with E-state index >= 15 is 0 Å². The average molecular weight is 411 g/mol. The first-order chi connectivity index (χ1) is 14.2. The number of hydrogen-bond acceptors (Lipinski definition) is 6. The zero-order chi connectivity index (χ0) is 21.8. The minimum Gasteiger partial charge on any atom is -0.455 e. The van der Waals surface area contributed by atoms with Crippen molar-refractivity contribution in [2.75, 3.05) is 23.4 Å². The van der Waals surface area contributed by atoms with Crippen molar-refractivity contribution in [2.24, 2.45) is 5.92 Å². The molecule has 0 saturated carbocycles. The van der Waals surface area contributed by atoms with Crippen LogP contribution in [0.15, 0.2) is 42.5 Å². The lowest BCUT2D eigenvalue weighted by molar-refractivity contribution is -0.384. The zero-order valence-electron chi connectivity index (χ0n) is 16.6. The molecule has 156 valence electrons. The van der Waals surface area contributed by atoms with Gasteiger partial charge >= 0.3 is 5.97 Å². The highest BCUT2D eigenvalue weighted by Crippen LogP contribution is 2.28. The molecular weight excluding hydrogens is 390 g/mol. The van der Waals surface area contributed by atoms with Gasteiger partial charge in [0.25, 0.3) is 11.6 Å². The average Bonchev–Trinajstić information content (AvgIpc) is 3.07. The molecule has 2 amide bonds. The number of nitrogens with zero attached hydrogens (tertiary/aromatic N) is 2. The maximum atomic E-state index is 12.3. The molecule has 1 aliphatic heterocycles. The second-order valence-electron chi connectivity index (χ2n) is 7.21. The summed E-state index contributed by atoms with van der Waals surface area (Å²) in [5.74, 6) is -2.22. The Balaban J connectivity index is 1.56. The van der Waals surface area contributed by atoms with Gasteiger partial charge in [-0.3, -0.25) is 24.5 Å². The predicted molar refractivity (Wildman–Crippen MR) is 109 cm³/mol. The number of carbonyl (C=O) groups excluding carboxylic acids is 3. The number of benzene rings is 2. The standard InChI is InChI=1S/C21H21N3O6/c1-13-6-14(2)8-16(7-13)22-19(25)12-30-21(27)15-9-20(26)23(11-15)17-4-3-5-18(10-17)24(28)29/h3-8,10,15H,9,11-12H2,1-2H3,(H,22,25)/t15-/m1/s1. The third-order valence-electron chi connectivity index (χ3n) is 4.66. The molecule has 9 heteroatoms. The van der Waals surface area contributed by atoms with Gasteiger partial charge in [0, 0.05) is 30.8 Å². The van der Waals surface area contributed by atoms with Crippen LogP contribution in [0.1, 0.15) is 17.5 Å². The van der Waals surface area contributed by atoms with Crippen LogP contribution in [-0.2, 0) is 19.1 Å². The first kappa shape index (κ1) is 21.0. The van der Waals surface area contributed by atoms with Gasteiger partial charge in [0.1, 0.15) is 0 Å². The number of rotatable bonds is 6. The topological polar surface area (TPSA) is 119 Å². The molecule has 0 spiro atoms. The fourth-order valence-electron chi connectivity index (χ4n) is 3.39. The highest BCUT2D eigenvalue weighted by atomic mass is 16.6. The van der Waals surface area contributed by atoms with Crippen LogP contribution >= 0.6 is 0 Å². The number of carbonyl (C=O) groups is 3. The molecule has 1 heterocycles. The van der Waals surface area contributed by atoms with Gasteiger partial charge in [-0.05, 0) is 43.2 Å². The van der Waals surface area contributed by atoms with Crippen LogP contribution in [0, 0.1) is 29.9 Å². The molecule has 2 aromatic rings. The Morgan fingerprint density at radius 2 is 1.90 bits per heavy atom. The Kier molecular flexibility index (Phi) is 6.10.